The molecule has 0 aliphatic carbocycles. The second-order valence-electron chi connectivity index (χ2n) is 4.35. The van der Waals surface area contributed by atoms with E-state index in [1.165, 1.54) is 19.1 Å². The molecule has 20 heavy (non-hydrogen) atoms. The van der Waals surface area contributed by atoms with E-state index in [0.29, 0.717) is 11.3 Å². The number of benzene rings is 1. The summed E-state index contributed by atoms with van der Waals surface area (Å²) in [6.45, 7) is 3.28. The smallest absolute Gasteiger partial charge is 0.276 e. The number of hydrogen-bond acceptors (Lipinski definition) is 4. The zero-order valence-corrected chi connectivity index (χ0v) is 11.1. The second-order valence-corrected chi connectivity index (χ2v) is 4.35. The number of nitrogens with one attached hydrogen (secondary N) is 2. The van der Waals surface area contributed by atoms with Crippen LogP contribution in [0, 0.1) is 6.92 Å². The fraction of sp³-hybridized carbons (Fsp3) is 0.143. The summed E-state index contributed by atoms with van der Waals surface area (Å²) in [6, 6.07) is 7.62. The first-order chi connectivity index (χ1) is 9.47. The Hall–Kier alpha value is -2.76. The predicted molar refractivity (Wildman–Crippen MR) is 74.0 cm³/mol. The molecule has 0 aliphatic rings. The Morgan fingerprint density at radius 3 is 2.55 bits per heavy atom. The van der Waals surface area contributed by atoms with Gasteiger partial charge < -0.3 is 5.32 Å². The number of anilines is 1. The molecule has 0 radical (unpaired) electrons. The van der Waals surface area contributed by atoms with E-state index in [9.17, 15) is 14.4 Å². The van der Waals surface area contributed by atoms with Crippen LogP contribution in [0.1, 0.15) is 33.3 Å². The minimum Gasteiger partial charge on any atom is -0.320 e. The molecule has 0 fully saturated rings. The number of H-pyrrole nitrogens is 1. The lowest BCUT2D eigenvalue weighted by Gasteiger charge is -2.09. The molecule has 0 saturated heterocycles. The molecule has 102 valence electrons. The van der Waals surface area contributed by atoms with Crippen molar-refractivity contribution < 1.29 is 9.59 Å². The summed E-state index contributed by atoms with van der Waals surface area (Å²) in [7, 11) is 0. The highest BCUT2D eigenvalue weighted by molar-refractivity contribution is 6.04. The fourth-order valence-electron chi connectivity index (χ4n) is 1.63. The van der Waals surface area contributed by atoms with Gasteiger partial charge in [0.25, 0.3) is 11.5 Å². The van der Waals surface area contributed by atoms with Gasteiger partial charge in [0.1, 0.15) is 5.69 Å². The Bertz CT molecular complexity index is 714. The topological polar surface area (TPSA) is 91.9 Å². The van der Waals surface area contributed by atoms with Crippen molar-refractivity contribution in [3.05, 3.63) is 57.5 Å². The number of Topliss-reactive ketones (excluding diaryl/α,β-unsaturated/α-hetero) is 1. The van der Waals surface area contributed by atoms with Gasteiger partial charge in [-0.05, 0) is 31.5 Å². The van der Waals surface area contributed by atoms with Crippen LogP contribution in [0.15, 0.2) is 35.1 Å². The Morgan fingerprint density at radius 1 is 1.20 bits per heavy atom. The largest absolute Gasteiger partial charge is 0.320 e. The van der Waals surface area contributed by atoms with Crippen molar-refractivity contribution in [3.8, 4) is 0 Å². The Kier molecular flexibility index (Phi) is 3.74. The molecule has 1 heterocycles. The van der Waals surface area contributed by atoms with Crippen molar-refractivity contribution in [2.45, 2.75) is 13.8 Å². The maximum atomic E-state index is 12.0. The molecule has 0 saturated carbocycles. The van der Waals surface area contributed by atoms with Crippen LogP contribution < -0.4 is 10.9 Å². The molecule has 0 aliphatic heterocycles. The van der Waals surface area contributed by atoms with Gasteiger partial charge in [0.2, 0.25) is 0 Å². The number of ketones is 1. The van der Waals surface area contributed by atoms with Crippen molar-refractivity contribution in [1.82, 2.24) is 10.2 Å². The molecule has 2 aromatic rings. The molecule has 0 spiro atoms. The number of aromatic amines is 1. The second kappa shape index (κ2) is 5.48. The third-order valence-corrected chi connectivity index (χ3v) is 2.80. The van der Waals surface area contributed by atoms with Crippen LogP contribution in [0.3, 0.4) is 0 Å². The van der Waals surface area contributed by atoms with Gasteiger partial charge in [-0.15, -0.1) is 0 Å². The number of carbonyl (C=O) groups excluding carboxylic acids is 2. The molecule has 2 N–H and O–H groups in total. The number of rotatable bonds is 3. The van der Waals surface area contributed by atoms with E-state index in [0.717, 1.165) is 5.56 Å². The van der Waals surface area contributed by atoms with Gasteiger partial charge in [0.05, 0.1) is 0 Å². The third-order valence-electron chi connectivity index (χ3n) is 2.80. The minimum absolute atomic E-state index is 0.0809. The van der Waals surface area contributed by atoms with Crippen molar-refractivity contribution in [1.29, 1.82) is 0 Å². The van der Waals surface area contributed by atoms with Crippen molar-refractivity contribution in [2.24, 2.45) is 0 Å². The summed E-state index contributed by atoms with van der Waals surface area (Å²) in [5, 5.41) is 8.50. The average molecular weight is 271 g/mol. The number of aromatic nitrogens is 2. The predicted octanol–water partition coefficient (Wildman–Crippen LogP) is 1.53. The van der Waals surface area contributed by atoms with E-state index in [4.69, 9.17) is 0 Å². The maximum absolute atomic E-state index is 12.0. The summed E-state index contributed by atoms with van der Waals surface area (Å²) in [5.74, 6) is -0.535. The molecule has 2 rings (SSSR count). The summed E-state index contributed by atoms with van der Waals surface area (Å²) in [5.41, 5.74) is 1.59. The SMILES string of the molecule is CC(=O)c1ccc(C)c(NC(=O)c2ccc(=O)[nH]n2)c1. The van der Waals surface area contributed by atoms with E-state index < -0.39 is 5.91 Å². The lowest BCUT2D eigenvalue weighted by atomic mass is 10.1. The Labute approximate surface area is 114 Å². The highest BCUT2D eigenvalue weighted by Crippen LogP contribution is 2.17. The van der Waals surface area contributed by atoms with Crippen LogP contribution in [0.5, 0.6) is 0 Å². The summed E-state index contributed by atoms with van der Waals surface area (Å²) in [6.07, 6.45) is 0. The average Bonchev–Trinajstić information content (AvgIpc) is 2.41. The first kappa shape index (κ1) is 13.7. The molecule has 1 amide bonds. The molecule has 1 aromatic carbocycles. The molecule has 1 aromatic heterocycles. The van der Waals surface area contributed by atoms with Crippen LogP contribution in [0.25, 0.3) is 0 Å². The highest BCUT2D eigenvalue weighted by atomic mass is 16.2. The number of amides is 1. The van der Waals surface area contributed by atoms with E-state index in [2.05, 4.69) is 15.5 Å². The maximum Gasteiger partial charge on any atom is 0.276 e. The number of hydrogen-bond donors (Lipinski definition) is 2. The number of aryl methyl sites for hydroxylation is 1. The molecular weight excluding hydrogens is 258 g/mol. The zero-order chi connectivity index (χ0) is 14.7. The molecule has 0 atom stereocenters. The molecular formula is C14H13N3O3. The number of carbonyl (C=O) groups is 2. The van der Waals surface area contributed by atoms with Crippen LogP contribution in [0.2, 0.25) is 0 Å². The van der Waals surface area contributed by atoms with E-state index >= 15 is 0 Å². The van der Waals surface area contributed by atoms with Gasteiger partial charge in [-0.2, -0.15) is 5.10 Å². The first-order valence-corrected chi connectivity index (χ1v) is 5.96. The highest BCUT2D eigenvalue weighted by Gasteiger charge is 2.10. The van der Waals surface area contributed by atoms with Gasteiger partial charge in [0, 0.05) is 17.3 Å². The molecule has 0 bridgehead atoms. The first-order valence-electron chi connectivity index (χ1n) is 5.96. The molecule has 0 unspecified atom stereocenters. The van der Waals surface area contributed by atoms with E-state index in [1.54, 1.807) is 18.2 Å². The van der Waals surface area contributed by atoms with Gasteiger partial charge >= 0.3 is 0 Å². The van der Waals surface area contributed by atoms with Gasteiger partial charge in [-0.3, -0.25) is 14.4 Å². The molecule has 6 heteroatoms. The molecule has 6 nitrogen and oxygen atoms in total. The van der Waals surface area contributed by atoms with E-state index in [-0.39, 0.29) is 17.0 Å². The quantitative estimate of drug-likeness (QED) is 0.828. The van der Waals surface area contributed by atoms with Crippen LogP contribution in [-0.2, 0) is 0 Å². The monoisotopic (exact) mass is 271 g/mol. The van der Waals surface area contributed by atoms with Crippen molar-refractivity contribution in [3.63, 3.8) is 0 Å². The normalized spacial score (nSPS) is 10.1. The standard InChI is InChI=1S/C14H13N3O3/c1-8-3-4-10(9(2)18)7-12(8)15-14(20)11-5-6-13(19)17-16-11/h3-7H,1-2H3,(H,15,20)(H,17,19). The lowest BCUT2D eigenvalue weighted by molar-refractivity contribution is 0.100. The Balaban J connectivity index is 2.27. The van der Waals surface area contributed by atoms with E-state index in [1.807, 2.05) is 6.92 Å². The summed E-state index contributed by atoms with van der Waals surface area (Å²) >= 11 is 0. The van der Waals surface area contributed by atoms with Crippen molar-refractivity contribution >= 4 is 17.4 Å². The van der Waals surface area contributed by atoms with Crippen LogP contribution in [0.4, 0.5) is 5.69 Å². The van der Waals surface area contributed by atoms with Gasteiger partial charge in [-0.25, -0.2) is 5.10 Å². The minimum atomic E-state index is -0.454. The van der Waals surface area contributed by atoms with Gasteiger partial charge in [0.15, 0.2) is 5.78 Å². The Morgan fingerprint density at radius 2 is 1.95 bits per heavy atom. The van der Waals surface area contributed by atoms with Gasteiger partial charge in [-0.1, -0.05) is 12.1 Å². The van der Waals surface area contributed by atoms with Crippen LogP contribution in [-0.4, -0.2) is 21.9 Å². The lowest BCUT2D eigenvalue weighted by Crippen LogP contribution is -2.18. The van der Waals surface area contributed by atoms with Crippen LogP contribution >= 0.6 is 0 Å². The summed E-state index contributed by atoms with van der Waals surface area (Å²) < 4.78 is 0. The van der Waals surface area contributed by atoms with Crippen molar-refractivity contribution in [2.75, 3.05) is 5.32 Å². The fourth-order valence-corrected chi connectivity index (χ4v) is 1.63. The third kappa shape index (κ3) is 2.97. The zero-order valence-electron chi connectivity index (χ0n) is 11.1. The number of nitrogens with zero attached hydrogens (tertiary/aromatic N) is 1. The summed E-state index contributed by atoms with van der Waals surface area (Å²) in [4.78, 5) is 34.2.